The van der Waals surface area contributed by atoms with E-state index >= 15 is 0 Å². The van der Waals surface area contributed by atoms with Crippen LogP contribution in [0.25, 0.3) is 0 Å². The van der Waals surface area contributed by atoms with Crippen molar-refractivity contribution >= 4 is 28.5 Å². The molecule has 1 unspecified atom stereocenters. The van der Waals surface area contributed by atoms with Gasteiger partial charge in [0.2, 0.25) is 11.0 Å². The topological polar surface area (TPSA) is 88.3 Å². The fraction of sp³-hybridized carbons (Fsp3) is 0.429. The van der Waals surface area contributed by atoms with Crippen LogP contribution in [0.2, 0.25) is 0 Å². The normalized spacial score (nSPS) is 18.2. The minimum atomic E-state index is -0.504. The van der Waals surface area contributed by atoms with Crippen LogP contribution < -0.4 is 5.32 Å². The van der Waals surface area contributed by atoms with Gasteiger partial charge in [-0.1, -0.05) is 0 Å². The second-order valence-corrected chi connectivity index (χ2v) is 5.88. The molecular weight excluding hydrogens is 304 g/mol. The zero-order valence-corrected chi connectivity index (χ0v) is 12.9. The first-order valence-electron chi connectivity index (χ1n) is 7.11. The lowest BCUT2D eigenvalue weighted by Gasteiger charge is -2.33. The molecule has 0 bridgehead atoms. The molecular formula is C14H16N4O3S. The van der Waals surface area contributed by atoms with E-state index in [9.17, 15) is 9.59 Å². The Bertz CT molecular complexity index is 667. The fourth-order valence-corrected chi connectivity index (χ4v) is 3.10. The molecule has 116 valence electrons. The summed E-state index contributed by atoms with van der Waals surface area (Å²) in [4.78, 5) is 30.6. The maximum atomic E-state index is 12.5. The van der Waals surface area contributed by atoms with E-state index in [0.717, 1.165) is 24.4 Å². The highest BCUT2D eigenvalue weighted by atomic mass is 32.1. The Morgan fingerprint density at radius 1 is 1.45 bits per heavy atom. The van der Waals surface area contributed by atoms with E-state index in [0.29, 0.717) is 23.9 Å². The van der Waals surface area contributed by atoms with E-state index in [1.165, 1.54) is 6.26 Å². The smallest absolute Gasteiger partial charge is 0.290 e. The molecule has 2 aromatic rings. The molecule has 0 radical (unpaired) electrons. The third-order valence-corrected chi connectivity index (χ3v) is 4.28. The lowest BCUT2D eigenvalue weighted by atomic mass is 10.0. The quantitative estimate of drug-likeness (QED) is 0.935. The molecule has 3 heterocycles. The first kappa shape index (κ1) is 14.7. The van der Waals surface area contributed by atoms with Gasteiger partial charge in [-0.15, -0.1) is 0 Å². The van der Waals surface area contributed by atoms with Crippen LogP contribution in [0.4, 0.5) is 5.13 Å². The number of amides is 2. The van der Waals surface area contributed by atoms with Gasteiger partial charge in [-0.05, 0) is 38.3 Å². The van der Waals surface area contributed by atoms with E-state index in [4.69, 9.17) is 4.42 Å². The highest BCUT2D eigenvalue weighted by Crippen LogP contribution is 2.22. The number of furan rings is 1. The molecule has 0 aromatic carbocycles. The molecule has 3 rings (SSSR count). The Morgan fingerprint density at radius 3 is 3.00 bits per heavy atom. The number of hydrogen-bond donors (Lipinski definition) is 1. The molecule has 1 fully saturated rings. The highest BCUT2D eigenvalue weighted by Gasteiger charge is 2.34. The minimum Gasteiger partial charge on any atom is -0.459 e. The van der Waals surface area contributed by atoms with Crippen molar-refractivity contribution < 1.29 is 14.0 Å². The number of anilines is 1. The van der Waals surface area contributed by atoms with Crippen molar-refractivity contribution in [3.05, 3.63) is 30.0 Å². The zero-order chi connectivity index (χ0) is 15.5. The fourth-order valence-electron chi connectivity index (χ4n) is 2.53. The molecule has 0 saturated carbocycles. The van der Waals surface area contributed by atoms with Crippen LogP contribution in [0.3, 0.4) is 0 Å². The Balaban J connectivity index is 1.74. The van der Waals surface area contributed by atoms with Gasteiger partial charge in [0, 0.05) is 18.1 Å². The number of piperidine rings is 1. The van der Waals surface area contributed by atoms with Gasteiger partial charge in [-0.25, -0.2) is 4.98 Å². The van der Waals surface area contributed by atoms with Crippen molar-refractivity contribution in [2.75, 3.05) is 11.9 Å². The molecule has 2 aromatic heterocycles. The summed E-state index contributed by atoms with van der Waals surface area (Å²) in [5.74, 6) is 0.396. The summed E-state index contributed by atoms with van der Waals surface area (Å²) >= 11 is 1.13. The standard InChI is InChI=1S/C14H16N4O3S/c1-9-15-14(22-17-9)16-12(19)10-5-2-3-7-18(10)13(20)11-6-4-8-21-11/h4,6,8,10H,2-3,5,7H2,1H3,(H,15,16,17,19). The minimum absolute atomic E-state index is 0.226. The van der Waals surface area contributed by atoms with Gasteiger partial charge >= 0.3 is 0 Å². The Kier molecular flexibility index (Phi) is 4.19. The lowest BCUT2D eigenvalue weighted by molar-refractivity contribution is -0.121. The van der Waals surface area contributed by atoms with Crippen molar-refractivity contribution in [3.8, 4) is 0 Å². The van der Waals surface area contributed by atoms with Crippen molar-refractivity contribution in [2.45, 2.75) is 32.2 Å². The molecule has 1 aliphatic heterocycles. The molecule has 2 amide bonds. The molecule has 1 atom stereocenters. The number of rotatable bonds is 3. The number of hydrogen-bond acceptors (Lipinski definition) is 6. The van der Waals surface area contributed by atoms with Gasteiger partial charge in [0.15, 0.2) is 5.76 Å². The Hall–Kier alpha value is -2.22. The molecule has 1 N–H and O–H groups in total. The van der Waals surface area contributed by atoms with Crippen LogP contribution in [0.15, 0.2) is 22.8 Å². The highest BCUT2D eigenvalue weighted by molar-refractivity contribution is 7.09. The van der Waals surface area contributed by atoms with E-state index in [1.54, 1.807) is 24.0 Å². The van der Waals surface area contributed by atoms with Gasteiger partial charge in [0.05, 0.1) is 6.26 Å². The summed E-state index contributed by atoms with van der Waals surface area (Å²) in [6, 6.07) is 2.77. The zero-order valence-electron chi connectivity index (χ0n) is 12.1. The summed E-state index contributed by atoms with van der Waals surface area (Å²) in [6.07, 6.45) is 3.88. The van der Waals surface area contributed by atoms with Crippen LogP contribution in [0.1, 0.15) is 35.6 Å². The summed E-state index contributed by atoms with van der Waals surface area (Å²) in [5, 5.41) is 3.20. The molecule has 0 spiro atoms. The lowest BCUT2D eigenvalue weighted by Crippen LogP contribution is -2.49. The van der Waals surface area contributed by atoms with E-state index < -0.39 is 6.04 Å². The molecule has 8 heteroatoms. The summed E-state index contributed by atoms with van der Waals surface area (Å²) in [5.41, 5.74) is 0. The Morgan fingerprint density at radius 2 is 2.32 bits per heavy atom. The van der Waals surface area contributed by atoms with E-state index in [2.05, 4.69) is 14.7 Å². The van der Waals surface area contributed by atoms with Crippen molar-refractivity contribution in [1.29, 1.82) is 0 Å². The van der Waals surface area contributed by atoms with Gasteiger partial charge in [-0.2, -0.15) is 4.37 Å². The molecule has 0 aliphatic carbocycles. The van der Waals surface area contributed by atoms with E-state index in [-0.39, 0.29) is 17.6 Å². The molecule has 1 saturated heterocycles. The van der Waals surface area contributed by atoms with Crippen molar-refractivity contribution in [1.82, 2.24) is 14.3 Å². The predicted octanol–water partition coefficient (Wildman–Crippen LogP) is 2.07. The molecule has 1 aliphatic rings. The van der Waals surface area contributed by atoms with Crippen molar-refractivity contribution in [2.24, 2.45) is 0 Å². The predicted molar refractivity (Wildman–Crippen MR) is 80.7 cm³/mol. The van der Waals surface area contributed by atoms with Gasteiger partial charge in [0.25, 0.3) is 5.91 Å². The second-order valence-electron chi connectivity index (χ2n) is 5.12. The molecule has 22 heavy (non-hydrogen) atoms. The summed E-state index contributed by atoms with van der Waals surface area (Å²) < 4.78 is 9.18. The maximum Gasteiger partial charge on any atom is 0.290 e. The van der Waals surface area contributed by atoms with E-state index in [1.807, 2.05) is 0 Å². The first-order chi connectivity index (χ1) is 10.6. The number of nitrogens with one attached hydrogen (secondary N) is 1. The summed E-state index contributed by atoms with van der Waals surface area (Å²) in [7, 11) is 0. The average molecular weight is 320 g/mol. The number of nitrogens with zero attached hydrogens (tertiary/aromatic N) is 3. The van der Waals surface area contributed by atoms with Crippen LogP contribution in [0.5, 0.6) is 0 Å². The third kappa shape index (κ3) is 3.01. The maximum absolute atomic E-state index is 12.5. The van der Waals surface area contributed by atoms with Crippen LogP contribution in [-0.4, -0.2) is 38.7 Å². The summed E-state index contributed by atoms with van der Waals surface area (Å²) in [6.45, 7) is 2.31. The number of aryl methyl sites for hydroxylation is 1. The SMILES string of the molecule is Cc1nsc(NC(=O)C2CCCCN2C(=O)c2ccco2)n1. The Labute approximate surface area is 131 Å². The number of likely N-dealkylation sites (tertiary alicyclic amines) is 1. The van der Waals surface area contributed by atoms with Gasteiger partial charge < -0.3 is 9.32 Å². The largest absolute Gasteiger partial charge is 0.459 e. The van der Waals surface area contributed by atoms with Crippen LogP contribution >= 0.6 is 11.5 Å². The van der Waals surface area contributed by atoms with Crippen LogP contribution in [0, 0.1) is 6.92 Å². The van der Waals surface area contributed by atoms with Gasteiger partial charge in [-0.3, -0.25) is 14.9 Å². The average Bonchev–Trinajstić information content (AvgIpc) is 3.18. The second kappa shape index (κ2) is 6.27. The number of aromatic nitrogens is 2. The number of carbonyl (C=O) groups excluding carboxylic acids is 2. The molecule has 7 nitrogen and oxygen atoms in total. The van der Waals surface area contributed by atoms with Crippen LogP contribution in [-0.2, 0) is 4.79 Å². The third-order valence-electron chi connectivity index (χ3n) is 3.56. The number of carbonyl (C=O) groups is 2. The first-order valence-corrected chi connectivity index (χ1v) is 7.88. The monoisotopic (exact) mass is 320 g/mol. The van der Waals surface area contributed by atoms with Crippen molar-refractivity contribution in [3.63, 3.8) is 0 Å². The van der Waals surface area contributed by atoms with Gasteiger partial charge in [0.1, 0.15) is 11.9 Å².